The van der Waals surface area contributed by atoms with Crippen molar-refractivity contribution in [3.63, 3.8) is 0 Å². The molecule has 0 spiro atoms. The van der Waals surface area contributed by atoms with Gasteiger partial charge in [0.05, 0.1) is 26.9 Å². The first-order valence-corrected chi connectivity index (χ1v) is 11.8. The Bertz CT molecular complexity index is 1050. The van der Waals surface area contributed by atoms with Crippen LogP contribution in [0, 0.1) is 0 Å². The van der Waals surface area contributed by atoms with E-state index in [1.165, 1.54) is 15.1 Å². The summed E-state index contributed by atoms with van der Waals surface area (Å²) in [5, 5.41) is 14.0. The van der Waals surface area contributed by atoms with Gasteiger partial charge in [-0.15, -0.1) is 0 Å². The molecule has 0 saturated carbocycles. The Kier molecular flexibility index (Phi) is 7.89. The lowest BCUT2D eigenvalue weighted by atomic mass is 10.2. The van der Waals surface area contributed by atoms with Crippen LogP contribution in [0.3, 0.4) is 0 Å². The molecule has 1 heterocycles. The molecule has 3 rings (SSSR count). The average molecular weight is 460 g/mol. The lowest BCUT2D eigenvalue weighted by Crippen LogP contribution is -2.31. The largest absolute Gasteiger partial charge is 0.497 e. The minimum atomic E-state index is -3.89. The topological polar surface area (TPSA) is 93.9 Å². The molecule has 1 N–H and O–H groups in total. The molecule has 0 saturated heterocycles. The predicted molar refractivity (Wildman–Crippen MR) is 121 cm³/mol. The van der Waals surface area contributed by atoms with Gasteiger partial charge in [-0.2, -0.15) is 9.40 Å². The van der Waals surface area contributed by atoms with Crippen LogP contribution in [-0.4, -0.2) is 47.9 Å². The summed E-state index contributed by atoms with van der Waals surface area (Å²) in [6.07, 6.45) is 1.55. The van der Waals surface area contributed by atoms with Crippen molar-refractivity contribution < 1.29 is 23.0 Å². The van der Waals surface area contributed by atoms with E-state index in [1.54, 1.807) is 44.7 Å². The van der Waals surface area contributed by atoms with Crippen LogP contribution in [0.25, 0.3) is 0 Å². The fourth-order valence-electron chi connectivity index (χ4n) is 3.15. The van der Waals surface area contributed by atoms with E-state index < -0.39 is 16.1 Å². The van der Waals surface area contributed by atoms with Gasteiger partial charge in [0.2, 0.25) is 0 Å². The van der Waals surface area contributed by atoms with Crippen molar-refractivity contribution in [2.75, 3.05) is 14.2 Å². The minimum absolute atomic E-state index is 0.0529. The van der Waals surface area contributed by atoms with Crippen molar-refractivity contribution in [1.82, 2.24) is 14.1 Å². The Balaban J connectivity index is 1.90. The summed E-state index contributed by atoms with van der Waals surface area (Å²) in [7, 11) is -0.724. The Morgan fingerprint density at radius 3 is 1.88 bits per heavy atom. The first-order chi connectivity index (χ1) is 15.3. The number of nitrogens with zero attached hydrogens (tertiary/aromatic N) is 3. The van der Waals surface area contributed by atoms with Crippen molar-refractivity contribution in [3.8, 4) is 11.5 Å². The molecular weight excluding hydrogens is 430 g/mol. The van der Waals surface area contributed by atoms with E-state index in [0.717, 1.165) is 11.1 Å². The molecule has 1 aromatic heterocycles. The number of hydrogen-bond donors (Lipinski definition) is 1. The van der Waals surface area contributed by atoms with Crippen molar-refractivity contribution >= 4 is 10.0 Å². The molecule has 0 radical (unpaired) electrons. The number of aromatic nitrogens is 2. The number of aliphatic hydroxyl groups is 1. The highest BCUT2D eigenvalue weighted by molar-refractivity contribution is 7.89. The highest BCUT2D eigenvalue weighted by atomic mass is 32.2. The normalized spacial score (nSPS) is 12.7. The average Bonchev–Trinajstić information content (AvgIpc) is 3.28. The van der Waals surface area contributed by atoms with E-state index in [0.29, 0.717) is 17.9 Å². The summed E-state index contributed by atoms with van der Waals surface area (Å²) < 4.78 is 40.2. The Morgan fingerprint density at radius 2 is 1.44 bits per heavy atom. The van der Waals surface area contributed by atoms with E-state index >= 15 is 0 Å². The molecule has 3 aromatic rings. The van der Waals surface area contributed by atoms with Crippen LogP contribution < -0.4 is 9.47 Å². The number of rotatable bonds is 11. The highest BCUT2D eigenvalue weighted by Crippen LogP contribution is 2.22. The van der Waals surface area contributed by atoms with Crippen LogP contribution in [0.5, 0.6) is 11.5 Å². The van der Waals surface area contributed by atoms with Crippen molar-refractivity contribution in [3.05, 3.63) is 71.9 Å². The van der Waals surface area contributed by atoms with E-state index in [9.17, 15) is 13.5 Å². The van der Waals surface area contributed by atoms with Gasteiger partial charge in [-0.3, -0.25) is 4.68 Å². The van der Waals surface area contributed by atoms with Gasteiger partial charge in [-0.25, -0.2) is 8.42 Å². The lowest BCUT2D eigenvalue weighted by molar-refractivity contribution is 0.144. The third-order valence-electron chi connectivity index (χ3n) is 5.13. The number of methoxy groups -OCH3 is 2. The molecule has 0 fully saturated rings. The van der Waals surface area contributed by atoms with E-state index in [4.69, 9.17) is 9.47 Å². The first-order valence-electron chi connectivity index (χ1n) is 10.3. The summed E-state index contributed by atoms with van der Waals surface area (Å²) in [5.74, 6) is 1.40. The minimum Gasteiger partial charge on any atom is -0.497 e. The van der Waals surface area contributed by atoms with E-state index in [2.05, 4.69) is 5.10 Å². The standard InChI is InChI=1S/C23H29N3O5S/c1-4-20(27)17-25-14-13-23(24-25)32(28,29)26(15-18-5-9-21(30-2)10-6-18)16-19-7-11-22(31-3)12-8-19/h5-14,20,27H,4,15-17H2,1-3H3/t20-/m0/s1. The fourth-order valence-corrected chi connectivity index (χ4v) is 4.50. The molecule has 0 bridgehead atoms. The number of sulfonamides is 1. The quantitative estimate of drug-likeness (QED) is 0.474. The molecule has 8 nitrogen and oxygen atoms in total. The third kappa shape index (κ3) is 5.87. The van der Waals surface area contributed by atoms with Crippen LogP contribution in [0.4, 0.5) is 0 Å². The number of ether oxygens (including phenoxy) is 2. The first kappa shape index (κ1) is 23.8. The maximum atomic E-state index is 13.5. The van der Waals surface area contributed by atoms with Crippen molar-refractivity contribution in [1.29, 1.82) is 0 Å². The Morgan fingerprint density at radius 1 is 0.938 bits per heavy atom. The molecule has 1 atom stereocenters. The second-order valence-corrected chi connectivity index (χ2v) is 9.29. The van der Waals surface area contributed by atoms with Gasteiger partial charge in [-0.1, -0.05) is 31.2 Å². The molecule has 32 heavy (non-hydrogen) atoms. The zero-order valence-electron chi connectivity index (χ0n) is 18.5. The van der Waals surface area contributed by atoms with E-state index in [-0.39, 0.29) is 24.7 Å². The van der Waals surface area contributed by atoms with Gasteiger partial charge in [0.1, 0.15) is 11.5 Å². The molecular formula is C23H29N3O5S. The zero-order valence-corrected chi connectivity index (χ0v) is 19.3. The maximum absolute atomic E-state index is 13.5. The van der Waals surface area contributed by atoms with Crippen LogP contribution >= 0.6 is 0 Å². The van der Waals surface area contributed by atoms with Crippen LogP contribution in [0.15, 0.2) is 65.8 Å². The summed E-state index contributed by atoms with van der Waals surface area (Å²) in [5.41, 5.74) is 1.65. The lowest BCUT2D eigenvalue weighted by Gasteiger charge is -2.21. The van der Waals surface area contributed by atoms with Crippen LogP contribution in [0.1, 0.15) is 24.5 Å². The SMILES string of the molecule is CC[C@H](O)Cn1ccc(S(=O)(=O)N(Cc2ccc(OC)cc2)Cc2ccc(OC)cc2)n1. The molecule has 0 aliphatic rings. The number of aliphatic hydroxyl groups excluding tert-OH is 1. The van der Waals surface area contributed by atoms with E-state index in [1.807, 2.05) is 31.2 Å². The summed E-state index contributed by atoms with van der Waals surface area (Å²) in [4.78, 5) is 0. The van der Waals surface area contributed by atoms with Crippen LogP contribution in [-0.2, 0) is 29.7 Å². The van der Waals surface area contributed by atoms with Gasteiger partial charge in [0, 0.05) is 19.3 Å². The molecule has 0 aliphatic carbocycles. The molecule has 2 aromatic carbocycles. The Labute approximate surface area is 189 Å². The van der Waals surface area contributed by atoms with Gasteiger partial charge in [0.15, 0.2) is 5.03 Å². The molecule has 172 valence electrons. The van der Waals surface area contributed by atoms with Gasteiger partial charge >= 0.3 is 0 Å². The maximum Gasteiger partial charge on any atom is 0.262 e. The molecule has 0 unspecified atom stereocenters. The number of hydrogen-bond acceptors (Lipinski definition) is 6. The Hall–Kier alpha value is -2.88. The van der Waals surface area contributed by atoms with Gasteiger partial charge < -0.3 is 14.6 Å². The van der Waals surface area contributed by atoms with Crippen molar-refractivity contribution in [2.24, 2.45) is 0 Å². The second-order valence-electron chi connectivity index (χ2n) is 7.41. The summed E-state index contributed by atoms with van der Waals surface area (Å²) in [6.45, 7) is 2.44. The van der Waals surface area contributed by atoms with Gasteiger partial charge in [-0.05, 0) is 47.9 Å². The smallest absolute Gasteiger partial charge is 0.262 e. The summed E-state index contributed by atoms with van der Waals surface area (Å²) >= 11 is 0. The molecule has 9 heteroatoms. The highest BCUT2D eigenvalue weighted by Gasteiger charge is 2.27. The van der Waals surface area contributed by atoms with Gasteiger partial charge in [0.25, 0.3) is 10.0 Å². The zero-order chi connectivity index (χ0) is 23.1. The third-order valence-corrected chi connectivity index (χ3v) is 6.81. The fraction of sp³-hybridized carbons (Fsp3) is 0.348. The second kappa shape index (κ2) is 10.6. The summed E-state index contributed by atoms with van der Waals surface area (Å²) in [6, 6.07) is 16.0. The van der Waals surface area contributed by atoms with Crippen LogP contribution in [0.2, 0.25) is 0 Å². The van der Waals surface area contributed by atoms with Crippen molar-refractivity contribution in [2.45, 2.75) is 44.1 Å². The molecule has 0 aliphatic heterocycles. The monoisotopic (exact) mass is 459 g/mol. The number of benzene rings is 2. The molecule has 0 amide bonds. The predicted octanol–water partition coefficient (Wildman–Crippen LogP) is 3.06.